The van der Waals surface area contributed by atoms with E-state index in [1.807, 2.05) is 19.3 Å². The Labute approximate surface area is 122 Å². The van der Waals surface area contributed by atoms with Gasteiger partial charge >= 0.3 is 0 Å². The molecule has 2 aromatic heterocycles. The summed E-state index contributed by atoms with van der Waals surface area (Å²) in [6.45, 7) is 0. The third-order valence-electron chi connectivity index (χ3n) is 3.41. The van der Waals surface area contributed by atoms with Crippen molar-refractivity contribution in [1.29, 1.82) is 0 Å². The van der Waals surface area contributed by atoms with Gasteiger partial charge in [-0.2, -0.15) is 0 Å². The molecule has 0 aliphatic heterocycles. The standard InChI is InChI=1S/C16H16N2OS/c1-17-16(11-7-12(19-2)9-18-8-11)14-10-20-15-6-4-3-5-13(14)15/h3-10,16-17H,1-2H3. The van der Waals surface area contributed by atoms with Gasteiger partial charge in [-0.25, -0.2) is 0 Å². The Hall–Kier alpha value is -1.91. The number of fused-ring (bicyclic) bond motifs is 1. The summed E-state index contributed by atoms with van der Waals surface area (Å²) in [5.74, 6) is 0.780. The van der Waals surface area contributed by atoms with E-state index < -0.39 is 0 Å². The number of nitrogens with one attached hydrogen (secondary N) is 1. The van der Waals surface area contributed by atoms with Crippen LogP contribution in [0.5, 0.6) is 5.75 Å². The number of ether oxygens (including phenoxy) is 1. The number of nitrogens with zero attached hydrogens (tertiary/aromatic N) is 1. The molecule has 1 aromatic carbocycles. The summed E-state index contributed by atoms with van der Waals surface area (Å²) in [5, 5.41) is 6.88. The van der Waals surface area contributed by atoms with Crippen LogP contribution in [0.2, 0.25) is 0 Å². The zero-order chi connectivity index (χ0) is 13.9. The second-order valence-corrected chi connectivity index (χ2v) is 5.48. The second kappa shape index (κ2) is 5.61. The lowest BCUT2D eigenvalue weighted by atomic mass is 9.99. The van der Waals surface area contributed by atoms with Gasteiger partial charge in [0.15, 0.2) is 0 Å². The molecule has 4 heteroatoms. The van der Waals surface area contributed by atoms with Crippen molar-refractivity contribution in [2.24, 2.45) is 0 Å². The van der Waals surface area contributed by atoms with Crippen LogP contribution >= 0.6 is 11.3 Å². The number of thiophene rings is 1. The number of methoxy groups -OCH3 is 1. The lowest BCUT2D eigenvalue weighted by Crippen LogP contribution is -2.17. The highest BCUT2D eigenvalue weighted by atomic mass is 32.1. The topological polar surface area (TPSA) is 34.2 Å². The zero-order valence-electron chi connectivity index (χ0n) is 11.5. The Morgan fingerprint density at radius 2 is 2.10 bits per heavy atom. The molecule has 3 rings (SSSR count). The van der Waals surface area contributed by atoms with Crippen molar-refractivity contribution in [3.8, 4) is 5.75 Å². The first kappa shape index (κ1) is 13.1. The van der Waals surface area contributed by atoms with Crippen LogP contribution in [0.25, 0.3) is 10.1 Å². The fourth-order valence-corrected chi connectivity index (χ4v) is 3.42. The van der Waals surface area contributed by atoms with E-state index >= 15 is 0 Å². The van der Waals surface area contributed by atoms with Crippen LogP contribution in [0.15, 0.2) is 48.1 Å². The number of benzene rings is 1. The van der Waals surface area contributed by atoms with Crippen molar-refractivity contribution < 1.29 is 4.74 Å². The van der Waals surface area contributed by atoms with Crippen molar-refractivity contribution in [3.05, 3.63) is 59.2 Å². The third-order valence-corrected chi connectivity index (χ3v) is 4.40. The Morgan fingerprint density at radius 3 is 2.90 bits per heavy atom. The summed E-state index contributed by atoms with van der Waals surface area (Å²) in [6, 6.07) is 10.6. The van der Waals surface area contributed by atoms with Gasteiger partial charge in [-0.3, -0.25) is 4.98 Å². The summed E-state index contributed by atoms with van der Waals surface area (Å²) >= 11 is 1.77. The highest BCUT2D eigenvalue weighted by molar-refractivity contribution is 7.17. The fraction of sp³-hybridized carbons (Fsp3) is 0.188. The van der Waals surface area contributed by atoms with E-state index in [9.17, 15) is 0 Å². The zero-order valence-corrected chi connectivity index (χ0v) is 12.3. The molecule has 0 bridgehead atoms. The van der Waals surface area contributed by atoms with Crippen molar-refractivity contribution in [2.75, 3.05) is 14.2 Å². The predicted molar refractivity (Wildman–Crippen MR) is 83.5 cm³/mol. The fourth-order valence-electron chi connectivity index (χ4n) is 2.43. The molecule has 20 heavy (non-hydrogen) atoms. The molecule has 0 radical (unpaired) electrons. The Morgan fingerprint density at radius 1 is 1.25 bits per heavy atom. The van der Waals surface area contributed by atoms with Gasteiger partial charge in [0, 0.05) is 10.9 Å². The SMILES string of the molecule is CNC(c1cncc(OC)c1)c1csc2ccccc12. The first-order valence-corrected chi connectivity index (χ1v) is 7.34. The highest BCUT2D eigenvalue weighted by Gasteiger charge is 2.17. The maximum Gasteiger partial charge on any atom is 0.137 e. The number of pyridine rings is 1. The smallest absolute Gasteiger partial charge is 0.137 e. The number of hydrogen-bond donors (Lipinski definition) is 1. The molecule has 0 saturated carbocycles. The van der Waals surface area contributed by atoms with E-state index in [1.54, 1.807) is 24.6 Å². The van der Waals surface area contributed by atoms with Gasteiger partial charge in [0.05, 0.1) is 19.3 Å². The molecule has 0 aliphatic carbocycles. The molecule has 0 aliphatic rings. The Kier molecular flexibility index (Phi) is 3.67. The van der Waals surface area contributed by atoms with Crippen LogP contribution in [-0.4, -0.2) is 19.1 Å². The molecule has 0 amide bonds. The van der Waals surface area contributed by atoms with Crippen LogP contribution in [0.4, 0.5) is 0 Å². The van der Waals surface area contributed by atoms with Crippen LogP contribution in [0.1, 0.15) is 17.2 Å². The van der Waals surface area contributed by atoms with E-state index in [1.165, 1.54) is 15.6 Å². The van der Waals surface area contributed by atoms with E-state index in [0.29, 0.717) is 0 Å². The first-order valence-electron chi connectivity index (χ1n) is 6.46. The molecule has 3 aromatic rings. The molecule has 0 spiro atoms. The van der Waals surface area contributed by atoms with Gasteiger partial charge in [-0.1, -0.05) is 18.2 Å². The number of aromatic nitrogens is 1. The molecule has 1 unspecified atom stereocenters. The summed E-state index contributed by atoms with van der Waals surface area (Å²) in [6.07, 6.45) is 3.61. The molecule has 1 N–H and O–H groups in total. The maximum atomic E-state index is 5.27. The van der Waals surface area contributed by atoms with Crippen LogP contribution in [-0.2, 0) is 0 Å². The van der Waals surface area contributed by atoms with Crippen LogP contribution in [0.3, 0.4) is 0 Å². The van der Waals surface area contributed by atoms with Gasteiger partial charge in [0.2, 0.25) is 0 Å². The maximum absolute atomic E-state index is 5.27. The third kappa shape index (κ3) is 2.28. The normalized spacial score (nSPS) is 12.5. The molecule has 3 nitrogen and oxygen atoms in total. The summed E-state index contributed by atoms with van der Waals surface area (Å²) in [4.78, 5) is 4.25. The van der Waals surface area contributed by atoms with Crippen LogP contribution < -0.4 is 10.1 Å². The molecule has 1 atom stereocenters. The molecule has 102 valence electrons. The van der Waals surface area contributed by atoms with Gasteiger partial charge in [-0.05, 0) is 41.1 Å². The van der Waals surface area contributed by atoms with Crippen LogP contribution in [0, 0.1) is 0 Å². The molecular formula is C16H16N2OS. The predicted octanol–water partition coefficient (Wildman–Crippen LogP) is 3.61. The Balaban J connectivity index is 2.09. The lowest BCUT2D eigenvalue weighted by Gasteiger charge is -2.16. The van der Waals surface area contributed by atoms with Crippen molar-refractivity contribution in [2.45, 2.75) is 6.04 Å². The van der Waals surface area contributed by atoms with Gasteiger partial charge in [0.25, 0.3) is 0 Å². The summed E-state index contributed by atoms with van der Waals surface area (Å²) < 4.78 is 6.57. The molecular weight excluding hydrogens is 268 g/mol. The molecule has 2 heterocycles. The Bertz CT molecular complexity index is 723. The lowest BCUT2D eigenvalue weighted by molar-refractivity contribution is 0.411. The largest absolute Gasteiger partial charge is 0.495 e. The minimum Gasteiger partial charge on any atom is -0.495 e. The summed E-state index contributed by atoms with van der Waals surface area (Å²) in [5.41, 5.74) is 2.39. The number of hydrogen-bond acceptors (Lipinski definition) is 4. The van der Waals surface area contributed by atoms with Crippen molar-refractivity contribution in [3.63, 3.8) is 0 Å². The van der Waals surface area contributed by atoms with Gasteiger partial charge in [-0.15, -0.1) is 11.3 Å². The van der Waals surface area contributed by atoms with E-state index in [4.69, 9.17) is 4.74 Å². The highest BCUT2D eigenvalue weighted by Crippen LogP contribution is 2.33. The van der Waals surface area contributed by atoms with Gasteiger partial charge < -0.3 is 10.1 Å². The average molecular weight is 284 g/mol. The second-order valence-electron chi connectivity index (χ2n) is 4.57. The van der Waals surface area contributed by atoms with E-state index in [0.717, 1.165) is 11.3 Å². The average Bonchev–Trinajstić information content (AvgIpc) is 2.93. The molecule has 0 saturated heterocycles. The minimum atomic E-state index is 0.119. The minimum absolute atomic E-state index is 0.119. The monoisotopic (exact) mass is 284 g/mol. The first-order chi connectivity index (χ1) is 9.83. The van der Waals surface area contributed by atoms with Crippen molar-refractivity contribution in [1.82, 2.24) is 10.3 Å². The van der Waals surface area contributed by atoms with Crippen molar-refractivity contribution >= 4 is 21.4 Å². The van der Waals surface area contributed by atoms with E-state index in [-0.39, 0.29) is 6.04 Å². The number of rotatable bonds is 4. The van der Waals surface area contributed by atoms with E-state index in [2.05, 4.69) is 39.9 Å². The summed E-state index contributed by atoms with van der Waals surface area (Å²) in [7, 11) is 3.63. The molecule has 0 fully saturated rings. The van der Waals surface area contributed by atoms with Gasteiger partial charge in [0.1, 0.15) is 5.75 Å². The quantitative estimate of drug-likeness (QED) is 0.794.